The van der Waals surface area contributed by atoms with Crippen molar-refractivity contribution in [3.8, 4) is 5.69 Å². The van der Waals surface area contributed by atoms with Gasteiger partial charge in [-0.25, -0.2) is 9.78 Å². The molecule has 0 radical (unpaired) electrons. The molecule has 1 aromatic heterocycles. The second kappa shape index (κ2) is 7.82. The number of hydrogen-bond donors (Lipinski definition) is 2. The van der Waals surface area contributed by atoms with E-state index in [2.05, 4.69) is 15.7 Å². The molecule has 1 atom stereocenters. The summed E-state index contributed by atoms with van der Waals surface area (Å²) in [4.78, 5) is 41.8. The fraction of sp³-hybridized carbons (Fsp3) is 0.182. The number of aryl methyl sites for hydroxylation is 1. The largest absolute Gasteiger partial charge is 0.344 e. The summed E-state index contributed by atoms with van der Waals surface area (Å²) in [7, 11) is 0. The average Bonchev–Trinajstić information content (AvgIpc) is 3.37. The van der Waals surface area contributed by atoms with Crippen molar-refractivity contribution in [2.45, 2.75) is 25.3 Å². The highest BCUT2D eigenvalue weighted by molar-refractivity contribution is 6.09. The van der Waals surface area contributed by atoms with Crippen LogP contribution in [0.4, 0.5) is 4.79 Å². The molecule has 8 nitrogen and oxygen atoms in total. The topological polar surface area (TPSA) is 96.3 Å². The maximum atomic E-state index is 12.9. The van der Waals surface area contributed by atoms with Gasteiger partial charge in [-0.3, -0.25) is 15.0 Å². The number of aromatic nitrogens is 2. The third kappa shape index (κ3) is 3.80. The first-order chi connectivity index (χ1) is 14.5. The van der Waals surface area contributed by atoms with Gasteiger partial charge in [-0.05, 0) is 49.6 Å². The van der Waals surface area contributed by atoms with Gasteiger partial charge in [-0.2, -0.15) is 5.01 Å². The second-order valence-corrected chi connectivity index (χ2v) is 7.35. The van der Waals surface area contributed by atoms with Crippen LogP contribution in [0.3, 0.4) is 0 Å². The van der Waals surface area contributed by atoms with Gasteiger partial charge in [0.2, 0.25) is 0 Å². The summed E-state index contributed by atoms with van der Waals surface area (Å²) < 4.78 is 1.80. The number of urea groups is 1. The summed E-state index contributed by atoms with van der Waals surface area (Å²) in [6, 6.07) is 15.8. The molecular weight excluding hydrogens is 382 g/mol. The van der Waals surface area contributed by atoms with Crippen molar-refractivity contribution in [1.82, 2.24) is 25.3 Å². The summed E-state index contributed by atoms with van der Waals surface area (Å²) in [5, 5.41) is 3.46. The van der Waals surface area contributed by atoms with Gasteiger partial charge in [0.05, 0.1) is 6.33 Å². The molecule has 0 saturated carbocycles. The van der Waals surface area contributed by atoms with Gasteiger partial charge in [-0.15, -0.1) is 0 Å². The molecule has 30 heavy (non-hydrogen) atoms. The molecule has 2 N–H and O–H groups in total. The lowest BCUT2D eigenvalue weighted by atomic mass is 9.93. The first-order valence-corrected chi connectivity index (χ1v) is 9.56. The highest BCUT2D eigenvalue weighted by atomic mass is 16.2. The number of carbonyl (C=O) groups excluding carboxylic acids is 3. The first-order valence-electron chi connectivity index (χ1n) is 9.56. The number of nitrogens with one attached hydrogen (secondary N) is 2. The molecule has 1 aliphatic heterocycles. The zero-order valence-corrected chi connectivity index (χ0v) is 16.4. The lowest BCUT2D eigenvalue weighted by Crippen LogP contribution is -2.48. The van der Waals surface area contributed by atoms with Crippen LogP contribution >= 0.6 is 0 Å². The molecule has 0 bridgehead atoms. The zero-order chi connectivity index (χ0) is 21.1. The Morgan fingerprint density at radius 3 is 2.50 bits per heavy atom. The van der Waals surface area contributed by atoms with Crippen molar-refractivity contribution in [2.75, 3.05) is 0 Å². The van der Waals surface area contributed by atoms with Gasteiger partial charge >= 0.3 is 6.03 Å². The molecule has 3 aromatic rings. The van der Waals surface area contributed by atoms with E-state index in [-0.39, 0.29) is 0 Å². The first kappa shape index (κ1) is 19.4. The monoisotopic (exact) mass is 403 g/mol. The van der Waals surface area contributed by atoms with E-state index in [9.17, 15) is 14.4 Å². The summed E-state index contributed by atoms with van der Waals surface area (Å²) >= 11 is 0. The van der Waals surface area contributed by atoms with Crippen molar-refractivity contribution in [2.24, 2.45) is 0 Å². The van der Waals surface area contributed by atoms with E-state index in [1.54, 1.807) is 54.5 Å². The Kier molecular flexibility index (Phi) is 5.05. The maximum absolute atomic E-state index is 12.9. The molecule has 2 aromatic carbocycles. The fourth-order valence-corrected chi connectivity index (χ4v) is 3.36. The van der Waals surface area contributed by atoms with Crippen molar-refractivity contribution in [1.29, 1.82) is 0 Å². The molecular formula is C22H21N5O3. The van der Waals surface area contributed by atoms with Crippen molar-refractivity contribution >= 4 is 17.8 Å². The molecule has 1 aliphatic rings. The van der Waals surface area contributed by atoms with Gasteiger partial charge in [0.15, 0.2) is 0 Å². The minimum atomic E-state index is -1.08. The van der Waals surface area contributed by atoms with Gasteiger partial charge in [0.25, 0.3) is 11.8 Å². The molecule has 0 aliphatic carbocycles. The number of imide groups is 1. The number of hydrazine groups is 1. The van der Waals surface area contributed by atoms with Gasteiger partial charge in [0.1, 0.15) is 5.54 Å². The Hall–Kier alpha value is -3.94. The number of amides is 4. The molecule has 1 fully saturated rings. The van der Waals surface area contributed by atoms with Crippen LogP contribution in [0.15, 0.2) is 73.3 Å². The quantitative estimate of drug-likeness (QED) is 0.618. The lowest BCUT2D eigenvalue weighted by molar-refractivity contribution is -0.132. The fourth-order valence-electron chi connectivity index (χ4n) is 3.36. The summed E-state index contributed by atoms with van der Waals surface area (Å²) in [6.45, 7) is 1.67. The number of carbonyl (C=O) groups is 3. The SMILES string of the molecule is C[C@]1(CCc2ccccc2)NC(=O)N(NC(=O)c2ccc(-n3ccnc3)cc2)C1=O. The predicted molar refractivity (Wildman–Crippen MR) is 110 cm³/mol. The number of hydrogen-bond acceptors (Lipinski definition) is 4. The molecule has 0 spiro atoms. The van der Waals surface area contributed by atoms with Crippen LogP contribution < -0.4 is 10.7 Å². The summed E-state index contributed by atoms with van der Waals surface area (Å²) in [5.41, 5.74) is 3.58. The van der Waals surface area contributed by atoms with Crippen LogP contribution in [-0.2, 0) is 11.2 Å². The molecule has 0 unspecified atom stereocenters. The third-order valence-electron chi connectivity index (χ3n) is 5.16. The van der Waals surface area contributed by atoms with Crippen LogP contribution in [0.25, 0.3) is 5.69 Å². The predicted octanol–water partition coefficient (Wildman–Crippen LogP) is 2.46. The Balaban J connectivity index is 1.42. The molecule has 1 saturated heterocycles. The maximum Gasteiger partial charge on any atom is 0.344 e. The number of imidazole rings is 1. The smallest absolute Gasteiger partial charge is 0.322 e. The van der Waals surface area contributed by atoms with E-state index < -0.39 is 23.4 Å². The minimum Gasteiger partial charge on any atom is -0.322 e. The van der Waals surface area contributed by atoms with E-state index in [0.717, 1.165) is 16.3 Å². The van der Waals surface area contributed by atoms with Gasteiger partial charge in [0, 0.05) is 23.6 Å². The van der Waals surface area contributed by atoms with Crippen LogP contribution in [0.2, 0.25) is 0 Å². The molecule has 2 heterocycles. The second-order valence-electron chi connectivity index (χ2n) is 7.35. The Morgan fingerprint density at radius 2 is 1.83 bits per heavy atom. The highest BCUT2D eigenvalue weighted by Crippen LogP contribution is 2.22. The van der Waals surface area contributed by atoms with E-state index in [4.69, 9.17) is 0 Å². The van der Waals surface area contributed by atoms with E-state index in [1.807, 2.05) is 30.3 Å². The average molecular weight is 403 g/mol. The lowest BCUT2D eigenvalue weighted by Gasteiger charge is -2.21. The van der Waals surface area contributed by atoms with Crippen molar-refractivity contribution in [3.05, 3.63) is 84.4 Å². The standard InChI is InChI=1S/C22H21N5O3/c1-22(12-11-16-5-3-2-4-6-16)20(29)27(21(30)24-22)25-19(28)17-7-9-18(10-8-17)26-14-13-23-15-26/h2-10,13-15H,11-12H2,1H3,(H,24,30)(H,25,28)/t22-/m1/s1. The van der Waals surface area contributed by atoms with E-state index in [1.165, 1.54) is 0 Å². The molecule has 4 rings (SSSR count). The molecule has 152 valence electrons. The highest BCUT2D eigenvalue weighted by Gasteiger charge is 2.48. The zero-order valence-electron chi connectivity index (χ0n) is 16.4. The van der Waals surface area contributed by atoms with Crippen molar-refractivity contribution in [3.63, 3.8) is 0 Å². The Labute approximate surface area is 173 Å². The molecule has 8 heteroatoms. The number of nitrogens with zero attached hydrogens (tertiary/aromatic N) is 3. The van der Waals surface area contributed by atoms with Gasteiger partial charge in [-0.1, -0.05) is 30.3 Å². The van der Waals surface area contributed by atoms with Crippen LogP contribution in [-0.4, -0.2) is 37.9 Å². The van der Waals surface area contributed by atoms with Gasteiger partial charge < -0.3 is 9.88 Å². The van der Waals surface area contributed by atoms with E-state index >= 15 is 0 Å². The number of rotatable bonds is 6. The molecule has 4 amide bonds. The third-order valence-corrected chi connectivity index (χ3v) is 5.16. The normalized spacial score (nSPS) is 18.4. The number of benzene rings is 2. The van der Waals surface area contributed by atoms with Crippen LogP contribution in [0, 0.1) is 0 Å². The summed E-state index contributed by atoms with van der Waals surface area (Å²) in [6.07, 6.45) is 6.15. The van der Waals surface area contributed by atoms with Crippen molar-refractivity contribution < 1.29 is 14.4 Å². The minimum absolute atomic E-state index is 0.331. The summed E-state index contributed by atoms with van der Waals surface area (Å²) in [5.74, 6) is -1.02. The van der Waals surface area contributed by atoms with Crippen LogP contribution in [0.5, 0.6) is 0 Å². The Morgan fingerprint density at radius 1 is 1.10 bits per heavy atom. The van der Waals surface area contributed by atoms with E-state index in [0.29, 0.717) is 18.4 Å². The Bertz CT molecular complexity index is 1060. The van der Waals surface area contributed by atoms with Crippen LogP contribution in [0.1, 0.15) is 29.3 Å².